The molecule has 0 unspecified atom stereocenters. The minimum absolute atomic E-state index is 0.411. The average Bonchev–Trinajstić information content (AvgIpc) is 3.12. The Balaban J connectivity index is 1.97. The van der Waals surface area contributed by atoms with Crippen molar-refractivity contribution in [2.45, 2.75) is 39.1 Å². The van der Waals surface area contributed by atoms with Crippen molar-refractivity contribution in [1.82, 2.24) is 24.3 Å². The molecule has 0 saturated heterocycles. The van der Waals surface area contributed by atoms with Crippen LogP contribution in [0, 0.1) is 6.92 Å². The van der Waals surface area contributed by atoms with E-state index >= 15 is 0 Å². The van der Waals surface area contributed by atoms with Gasteiger partial charge in [-0.05, 0) is 13.3 Å². The molecule has 3 aromatic heterocycles. The summed E-state index contributed by atoms with van der Waals surface area (Å²) >= 11 is 7.77. The first-order valence-electron chi connectivity index (χ1n) is 7.02. The van der Waals surface area contributed by atoms with Gasteiger partial charge in [0.05, 0.1) is 16.6 Å². The van der Waals surface area contributed by atoms with Gasteiger partial charge in [-0.1, -0.05) is 6.92 Å². The van der Waals surface area contributed by atoms with E-state index in [1.54, 1.807) is 11.3 Å². The van der Waals surface area contributed by atoms with Gasteiger partial charge in [0.25, 0.3) is 0 Å². The highest BCUT2D eigenvalue weighted by molar-refractivity contribution is 7.09. The molecule has 5 nitrogen and oxygen atoms in total. The van der Waals surface area contributed by atoms with Gasteiger partial charge in [-0.2, -0.15) is 5.10 Å². The van der Waals surface area contributed by atoms with Gasteiger partial charge < -0.3 is 4.57 Å². The number of fused-ring (bicyclic) bond motifs is 1. The van der Waals surface area contributed by atoms with Crippen molar-refractivity contribution in [3.8, 4) is 0 Å². The van der Waals surface area contributed by atoms with Crippen LogP contribution < -0.4 is 0 Å². The fourth-order valence-electron chi connectivity index (χ4n) is 2.59. The van der Waals surface area contributed by atoms with Gasteiger partial charge in [0.2, 0.25) is 0 Å². The molecule has 0 aliphatic carbocycles. The topological polar surface area (TPSA) is 48.5 Å². The first-order valence-corrected chi connectivity index (χ1v) is 8.43. The summed E-state index contributed by atoms with van der Waals surface area (Å²) in [4.78, 5) is 9.19. The Bertz CT molecular complexity index is 770. The Morgan fingerprint density at radius 2 is 2.14 bits per heavy atom. The van der Waals surface area contributed by atoms with Crippen LogP contribution in [-0.4, -0.2) is 24.3 Å². The summed E-state index contributed by atoms with van der Waals surface area (Å²) in [7, 11) is 1.96. The van der Waals surface area contributed by atoms with E-state index in [1.165, 1.54) is 0 Å². The molecule has 3 heterocycles. The average molecular weight is 324 g/mol. The summed E-state index contributed by atoms with van der Waals surface area (Å²) in [6, 6.07) is 0. The second-order valence-electron chi connectivity index (χ2n) is 5.04. The molecule has 21 heavy (non-hydrogen) atoms. The predicted octanol–water partition coefficient (Wildman–Crippen LogP) is 3.08. The monoisotopic (exact) mass is 323 g/mol. The molecule has 7 heteroatoms. The summed E-state index contributed by atoms with van der Waals surface area (Å²) in [5, 5.41) is 7.77. The van der Waals surface area contributed by atoms with E-state index in [1.807, 2.05) is 18.7 Å². The number of hydrogen-bond donors (Lipinski definition) is 0. The second kappa shape index (κ2) is 5.77. The van der Waals surface area contributed by atoms with Gasteiger partial charge >= 0.3 is 0 Å². The molecular weight excluding hydrogens is 306 g/mol. The van der Waals surface area contributed by atoms with Crippen LogP contribution in [0.1, 0.15) is 29.1 Å². The number of rotatable bonds is 5. The molecule has 0 saturated carbocycles. The zero-order chi connectivity index (χ0) is 15.0. The quantitative estimate of drug-likeness (QED) is 0.678. The number of thiazole rings is 1. The maximum atomic E-state index is 6.07. The number of nitrogens with zero attached hydrogens (tertiary/aromatic N) is 5. The van der Waals surface area contributed by atoms with Crippen LogP contribution in [-0.2, 0) is 32.3 Å². The zero-order valence-electron chi connectivity index (χ0n) is 12.4. The highest BCUT2D eigenvalue weighted by Crippen LogP contribution is 2.22. The molecule has 3 rings (SSSR count). The van der Waals surface area contributed by atoms with Crippen LogP contribution >= 0.6 is 22.9 Å². The van der Waals surface area contributed by atoms with Crippen LogP contribution in [0.3, 0.4) is 0 Å². The van der Waals surface area contributed by atoms with Crippen molar-refractivity contribution < 1.29 is 0 Å². The van der Waals surface area contributed by atoms with E-state index in [0.29, 0.717) is 5.88 Å². The van der Waals surface area contributed by atoms with Gasteiger partial charge in [0.15, 0.2) is 5.65 Å². The number of imidazole rings is 1. The number of aryl methyl sites for hydroxylation is 5. The lowest BCUT2D eigenvalue weighted by molar-refractivity contribution is 0.647. The lowest BCUT2D eigenvalue weighted by Crippen LogP contribution is -2.08. The number of alkyl halides is 1. The van der Waals surface area contributed by atoms with Crippen molar-refractivity contribution in [2.75, 3.05) is 0 Å². The number of aromatic nitrogens is 5. The summed E-state index contributed by atoms with van der Waals surface area (Å²) in [5.41, 5.74) is 4.14. The molecule has 0 aliphatic heterocycles. The van der Waals surface area contributed by atoms with Gasteiger partial charge in [0, 0.05) is 31.1 Å². The third kappa shape index (κ3) is 2.58. The molecule has 0 radical (unpaired) electrons. The highest BCUT2D eigenvalue weighted by Gasteiger charge is 2.18. The molecule has 0 N–H and O–H groups in total. The SMILES string of the molecule is CCc1nn(C)c2c1nc(CCl)n2CCc1nc(C)cs1. The fourth-order valence-corrected chi connectivity index (χ4v) is 3.56. The highest BCUT2D eigenvalue weighted by atomic mass is 35.5. The maximum absolute atomic E-state index is 6.07. The molecule has 0 spiro atoms. The van der Waals surface area contributed by atoms with Crippen molar-refractivity contribution >= 4 is 34.1 Å². The normalized spacial score (nSPS) is 11.6. The number of halogens is 1. The van der Waals surface area contributed by atoms with Crippen molar-refractivity contribution in [3.63, 3.8) is 0 Å². The lowest BCUT2D eigenvalue weighted by atomic mass is 10.3. The van der Waals surface area contributed by atoms with Gasteiger partial charge in [0.1, 0.15) is 11.3 Å². The molecule has 0 amide bonds. The molecule has 3 aromatic rings. The summed E-state index contributed by atoms with van der Waals surface area (Å²) in [6.45, 7) is 4.95. The van der Waals surface area contributed by atoms with E-state index in [4.69, 9.17) is 11.6 Å². The van der Waals surface area contributed by atoms with Crippen molar-refractivity contribution in [3.05, 3.63) is 27.6 Å². The van der Waals surface area contributed by atoms with Crippen LogP contribution in [0.15, 0.2) is 5.38 Å². The van der Waals surface area contributed by atoms with Crippen LogP contribution in [0.4, 0.5) is 0 Å². The van der Waals surface area contributed by atoms with Gasteiger partial charge in [-0.25, -0.2) is 9.97 Å². The van der Waals surface area contributed by atoms with Crippen molar-refractivity contribution in [1.29, 1.82) is 0 Å². The molecule has 0 fully saturated rings. The van der Waals surface area contributed by atoms with Crippen LogP contribution in [0.2, 0.25) is 0 Å². The first kappa shape index (κ1) is 14.5. The zero-order valence-corrected chi connectivity index (χ0v) is 14.0. The third-order valence-electron chi connectivity index (χ3n) is 3.54. The van der Waals surface area contributed by atoms with Gasteiger partial charge in [-0.3, -0.25) is 4.68 Å². The molecule has 0 bridgehead atoms. The molecule has 0 aromatic carbocycles. The van der Waals surface area contributed by atoms with E-state index in [0.717, 1.165) is 52.8 Å². The first-order chi connectivity index (χ1) is 10.1. The van der Waals surface area contributed by atoms with Gasteiger partial charge in [-0.15, -0.1) is 22.9 Å². The Morgan fingerprint density at radius 1 is 1.33 bits per heavy atom. The minimum Gasteiger partial charge on any atom is -0.311 e. The minimum atomic E-state index is 0.411. The van der Waals surface area contributed by atoms with E-state index < -0.39 is 0 Å². The molecule has 0 aliphatic rings. The Hall–Kier alpha value is -1.40. The number of hydrogen-bond acceptors (Lipinski definition) is 4. The van der Waals surface area contributed by atoms with Crippen LogP contribution in [0.25, 0.3) is 11.2 Å². The largest absolute Gasteiger partial charge is 0.311 e. The Labute approximate surface area is 132 Å². The lowest BCUT2D eigenvalue weighted by Gasteiger charge is -2.06. The third-order valence-corrected chi connectivity index (χ3v) is 4.81. The van der Waals surface area contributed by atoms with E-state index in [9.17, 15) is 0 Å². The molecule has 112 valence electrons. The van der Waals surface area contributed by atoms with E-state index in [-0.39, 0.29) is 0 Å². The summed E-state index contributed by atoms with van der Waals surface area (Å²) in [6.07, 6.45) is 1.77. The Morgan fingerprint density at radius 3 is 2.76 bits per heavy atom. The standard InChI is InChI=1S/C14H18ClN5S/c1-4-10-13-14(19(3)18-10)20(11(7-15)17-13)6-5-12-16-9(2)8-21-12/h8H,4-7H2,1-3H3. The summed E-state index contributed by atoms with van der Waals surface area (Å²) in [5.74, 6) is 1.32. The second-order valence-corrected chi connectivity index (χ2v) is 6.25. The Kier molecular flexibility index (Phi) is 3.99. The van der Waals surface area contributed by atoms with Crippen LogP contribution in [0.5, 0.6) is 0 Å². The van der Waals surface area contributed by atoms with E-state index in [2.05, 4.69) is 31.9 Å². The smallest absolute Gasteiger partial charge is 0.158 e. The van der Waals surface area contributed by atoms with Crippen molar-refractivity contribution in [2.24, 2.45) is 7.05 Å². The maximum Gasteiger partial charge on any atom is 0.158 e. The summed E-state index contributed by atoms with van der Waals surface area (Å²) < 4.78 is 4.08. The predicted molar refractivity (Wildman–Crippen MR) is 86.0 cm³/mol. The molecule has 0 atom stereocenters. The fraction of sp³-hybridized carbons (Fsp3) is 0.500. The molecular formula is C14H18ClN5S.